The van der Waals surface area contributed by atoms with Crippen LogP contribution in [0.2, 0.25) is 10.0 Å². The molecule has 0 saturated carbocycles. The topological polar surface area (TPSA) is 75.5 Å². The second-order valence-corrected chi connectivity index (χ2v) is 5.60. The van der Waals surface area contributed by atoms with Gasteiger partial charge in [0.2, 0.25) is 0 Å². The van der Waals surface area contributed by atoms with Crippen LogP contribution in [-0.2, 0) is 0 Å². The van der Waals surface area contributed by atoms with Crippen molar-refractivity contribution in [2.75, 3.05) is 27.2 Å². The average Bonchev–Trinajstić information content (AvgIpc) is 2.40. The summed E-state index contributed by atoms with van der Waals surface area (Å²) in [6, 6.07) is 2.25. The lowest BCUT2D eigenvalue weighted by Gasteiger charge is -2.10. The Morgan fingerprint density at radius 1 is 1.33 bits per heavy atom. The lowest BCUT2D eigenvalue weighted by molar-refractivity contribution is -0.384. The number of nitro groups is 1. The van der Waals surface area contributed by atoms with Gasteiger partial charge < -0.3 is 10.2 Å². The van der Waals surface area contributed by atoms with Crippen LogP contribution in [-0.4, -0.2) is 42.9 Å². The molecule has 8 heteroatoms. The van der Waals surface area contributed by atoms with Crippen molar-refractivity contribution >= 4 is 34.8 Å². The first kappa shape index (κ1) is 17.7. The third-order valence-corrected chi connectivity index (χ3v) is 3.59. The summed E-state index contributed by atoms with van der Waals surface area (Å²) in [6.07, 6.45) is 1.75. The van der Waals surface area contributed by atoms with E-state index in [4.69, 9.17) is 23.2 Å². The molecule has 0 spiro atoms. The molecule has 0 atom stereocenters. The van der Waals surface area contributed by atoms with Crippen molar-refractivity contribution in [2.24, 2.45) is 0 Å². The number of amides is 1. The molecular weight excluding hydrogens is 317 g/mol. The van der Waals surface area contributed by atoms with Gasteiger partial charge in [-0.25, -0.2) is 0 Å². The molecule has 1 amide bonds. The monoisotopic (exact) mass is 333 g/mol. The SMILES string of the molecule is CN(C)CCCCNC(=O)c1cc([N+](=O)[O-])cc(Cl)c1Cl. The van der Waals surface area contributed by atoms with E-state index in [0.29, 0.717) is 6.54 Å². The highest BCUT2D eigenvalue weighted by molar-refractivity contribution is 6.44. The van der Waals surface area contributed by atoms with Crippen LogP contribution in [0.5, 0.6) is 0 Å². The number of hydrogen-bond acceptors (Lipinski definition) is 4. The van der Waals surface area contributed by atoms with Crippen molar-refractivity contribution in [1.29, 1.82) is 0 Å². The van der Waals surface area contributed by atoms with Crippen LogP contribution in [0.3, 0.4) is 0 Å². The van der Waals surface area contributed by atoms with Crippen molar-refractivity contribution in [1.82, 2.24) is 10.2 Å². The van der Waals surface area contributed by atoms with Crippen LogP contribution >= 0.6 is 23.2 Å². The van der Waals surface area contributed by atoms with Crippen LogP contribution in [0.4, 0.5) is 5.69 Å². The zero-order chi connectivity index (χ0) is 16.0. The first-order chi connectivity index (χ1) is 9.82. The largest absolute Gasteiger partial charge is 0.352 e. The van der Waals surface area contributed by atoms with Crippen molar-refractivity contribution in [3.8, 4) is 0 Å². The van der Waals surface area contributed by atoms with Gasteiger partial charge in [-0.15, -0.1) is 0 Å². The summed E-state index contributed by atoms with van der Waals surface area (Å²) in [6.45, 7) is 1.41. The van der Waals surface area contributed by atoms with Crippen molar-refractivity contribution in [3.05, 3.63) is 37.9 Å². The average molecular weight is 334 g/mol. The van der Waals surface area contributed by atoms with Gasteiger partial charge in [-0.2, -0.15) is 0 Å². The molecule has 116 valence electrons. The minimum Gasteiger partial charge on any atom is -0.352 e. The predicted molar refractivity (Wildman–Crippen MR) is 83.2 cm³/mol. The van der Waals surface area contributed by atoms with Crippen molar-refractivity contribution < 1.29 is 9.72 Å². The minimum atomic E-state index is -0.615. The molecule has 21 heavy (non-hydrogen) atoms. The molecule has 1 rings (SSSR count). The first-order valence-corrected chi connectivity index (χ1v) is 7.15. The summed E-state index contributed by atoms with van der Waals surface area (Å²) < 4.78 is 0. The Balaban J connectivity index is 2.67. The van der Waals surface area contributed by atoms with Gasteiger partial charge in [0.05, 0.1) is 20.5 Å². The normalized spacial score (nSPS) is 10.7. The maximum Gasteiger partial charge on any atom is 0.271 e. The highest BCUT2D eigenvalue weighted by atomic mass is 35.5. The molecule has 0 saturated heterocycles. The second kappa shape index (κ2) is 8.17. The summed E-state index contributed by atoms with van der Waals surface area (Å²) in [4.78, 5) is 24.2. The summed E-state index contributed by atoms with van der Waals surface area (Å²) in [5.41, 5.74) is -0.245. The molecule has 6 nitrogen and oxygen atoms in total. The zero-order valence-corrected chi connectivity index (χ0v) is 13.4. The van der Waals surface area contributed by atoms with E-state index in [2.05, 4.69) is 10.2 Å². The van der Waals surface area contributed by atoms with Crippen LogP contribution in [0, 0.1) is 10.1 Å². The van der Waals surface area contributed by atoms with Crippen LogP contribution in [0.25, 0.3) is 0 Å². The van der Waals surface area contributed by atoms with Crippen molar-refractivity contribution in [2.45, 2.75) is 12.8 Å². The predicted octanol–water partition coefficient (Wildman–Crippen LogP) is 2.97. The molecule has 0 aliphatic rings. The number of carbonyl (C=O) groups is 1. The second-order valence-electron chi connectivity index (χ2n) is 4.81. The van der Waals surface area contributed by atoms with Crippen LogP contribution < -0.4 is 5.32 Å². The van der Waals surface area contributed by atoms with Gasteiger partial charge in [-0.05, 0) is 33.5 Å². The molecular formula is C13H17Cl2N3O3. The summed E-state index contributed by atoms with van der Waals surface area (Å²) in [5, 5.41) is 13.5. The van der Waals surface area contributed by atoms with Gasteiger partial charge in [0.15, 0.2) is 0 Å². The summed E-state index contributed by atoms with van der Waals surface area (Å²) in [7, 11) is 3.95. The molecule has 0 unspecified atom stereocenters. The van der Waals surface area contributed by atoms with Gasteiger partial charge in [0.25, 0.3) is 11.6 Å². The van der Waals surface area contributed by atoms with Gasteiger partial charge in [0.1, 0.15) is 0 Å². The number of rotatable bonds is 7. The fraction of sp³-hybridized carbons (Fsp3) is 0.462. The number of hydrogen-bond donors (Lipinski definition) is 1. The number of nitrogens with zero attached hydrogens (tertiary/aromatic N) is 2. The maximum atomic E-state index is 12.0. The molecule has 0 fully saturated rings. The molecule has 0 aromatic heterocycles. The highest BCUT2D eigenvalue weighted by Crippen LogP contribution is 2.30. The molecule has 1 aromatic rings. The molecule has 1 N–H and O–H groups in total. The van der Waals surface area contributed by atoms with E-state index in [1.54, 1.807) is 0 Å². The fourth-order valence-electron chi connectivity index (χ4n) is 1.70. The number of unbranched alkanes of at least 4 members (excludes halogenated alkanes) is 1. The lowest BCUT2D eigenvalue weighted by atomic mass is 10.2. The van der Waals surface area contributed by atoms with E-state index in [1.165, 1.54) is 0 Å². The molecule has 0 aliphatic carbocycles. The van der Waals surface area contributed by atoms with Crippen LogP contribution in [0.15, 0.2) is 12.1 Å². The molecule has 0 bridgehead atoms. The molecule has 1 aromatic carbocycles. The molecule has 0 heterocycles. The zero-order valence-electron chi connectivity index (χ0n) is 11.9. The van der Waals surface area contributed by atoms with Crippen LogP contribution in [0.1, 0.15) is 23.2 Å². The maximum absolute atomic E-state index is 12.0. The van der Waals surface area contributed by atoms with E-state index >= 15 is 0 Å². The highest BCUT2D eigenvalue weighted by Gasteiger charge is 2.19. The third-order valence-electron chi connectivity index (χ3n) is 2.79. The van der Waals surface area contributed by atoms with E-state index in [-0.39, 0.29) is 21.3 Å². The summed E-state index contributed by atoms with van der Waals surface area (Å²) >= 11 is 11.7. The lowest BCUT2D eigenvalue weighted by Crippen LogP contribution is -2.25. The van der Waals surface area contributed by atoms with E-state index < -0.39 is 10.8 Å². The number of nitro benzene ring substituents is 1. The summed E-state index contributed by atoms with van der Waals surface area (Å²) in [5.74, 6) is -0.463. The Labute approximate surface area is 133 Å². The first-order valence-electron chi connectivity index (χ1n) is 6.39. The number of halogens is 2. The smallest absolute Gasteiger partial charge is 0.271 e. The Morgan fingerprint density at radius 2 is 2.00 bits per heavy atom. The Hall–Kier alpha value is -1.37. The van der Waals surface area contributed by atoms with E-state index in [9.17, 15) is 14.9 Å². The molecule has 0 aliphatic heterocycles. The third kappa shape index (κ3) is 5.49. The Kier molecular flexibility index (Phi) is 6.87. The minimum absolute atomic E-state index is 0.0105. The number of carbonyl (C=O) groups excluding carboxylic acids is 1. The quantitative estimate of drug-likeness (QED) is 0.472. The fourth-order valence-corrected chi connectivity index (χ4v) is 2.10. The number of benzene rings is 1. The number of nitrogens with one attached hydrogen (secondary N) is 1. The van der Waals surface area contributed by atoms with Gasteiger partial charge >= 0.3 is 0 Å². The van der Waals surface area contributed by atoms with E-state index in [0.717, 1.165) is 31.5 Å². The van der Waals surface area contributed by atoms with Gasteiger partial charge in [-0.1, -0.05) is 23.2 Å². The van der Waals surface area contributed by atoms with Crippen molar-refractivity contribution in [3.63, 3.8) is 0 Å². The molecule has 0 radical (unpaired) electrons. The van der Waals surface area contributed by atoms with Gasteiger partial charge in [-0.3, -0.25) is 14.9 Å². The van der Waals surface area contributed by atoms with Gasteiger partial charge in [0, 0.05) is 18.7 Å². The standard InChI is InChI=1S/C13H17Cl2N3O3/c1-17(2)6-4-3-5-16-13(19)10-7-9(18(20)21)8-11(14)12(10)15/h7-8H,3-6H2,1-2H3,(H,16,19). The number of non-ortho nitro benzene ring substituents is 1. The Morgan fingerprint density at radius 3 is 2.57 bits per heavy atom. The Bertz CT molecular complexity index is 536. The van der Waals surface area contributed by atoms with E-state index in [1.807, 2.05) is 14.1 Å².